The lowest BCUT2D eigenvalue weighted by atomic mass is 10.1. The predicted octanol–water partition coefficient (Wildman–Crippen LogP) is 3.50. The van der Waals surface area contributed by atoms with E-state index in [0.717, 1.165) is 11.2 Å². The van der Waals surface area contributed by atoms with Crippen LogP contribution in [0.3, 0.4) is 0 Å². The molecule has 0 aliphatic rings. The monoisotopic (exact) mass is 344 g/mol. The molecular weight excluding hydrogens is 324 g/mol. The van der Waals surface area contributed by atoms with Crippen molar-refractivity contribution in [1.82, 2.24) is 25.0 Å². The van der Waals surface area contributed by atoms with Crippen LogP contribution in [-0.4, -0.2) is 25.0 Å². The molecular formula is C20H20N6. The fraction of sp³-hybridized carbons (Fsp3) is 0.200. The summed E-state index contributed by atoms with van der Waals surface area (Å²) in [5.41, 5.74) is 5.03. The third-order valence-corrected chi connectivity index (χ3v) is 4.23. The fourth-order valence-electron chi connectivity index (χ4n) is 2.84. The number of nitrogens with one attached hydrogen (secondary N) is 1. The summed E-state index contributed by atoms with van der Waals surface area (Å²) in [5, 5.41) is 12.0. The van der Waals surface area contributed by atoms with Crippen molar-refractivity contribution in [1.29, 1.82) is 0 Å². The second-order valence-corrected chi connectivity index (χ2v) is 6.36. The number of hydrogen-bond donors (Lipinski definition) is 1. The van der Waals surface area contributed by atoms with Crippen molar-refractivity contribution in [3.8, 4) is 0 Å². The third kappa shape index (κ3) is 3.39. The number of fused-ring (bicyclic) bond motifs is 1. The summed E-state index contributed by atoms with van der Waals surface area (Å²) in [6.45, 7) is 5.28. The van der Waals surface area contributed by atoms with Crippen molar-refractivity contribution in [2.45, 2.75) is 26.9 Å². The van der Waals surface area contributed by atoms with Gasteiger partial charge < -0.3 is 5.32 Å². The Morgan fingerprint density at radius 2 is 1.65 bits per heavy atom. The van der Waals surface area contributed by atoms with Crippen LogP contribution in [0.1, 0.15) is 22.5 Å². The van der Waals surface area contributed by atoms with Crippen LogP contribution in [0.15, 0.2) is 54.6 Å². The van der Waals surface area contributed by atoms with Crippen molar-refractivity contribution in [3.05, 3.63) is 77.1 Å². The van der Waals surface area contributed by atoms with Gasteiger partial charge in [-0.25, -0.2) is 14.6 Å². The number of anilines is 1. The molecule has 0 bridgehead atoms. The molecule has 6 nitrogen and oxygen atoms in total. The van der Waals surface area contributed by atoms with Crippen LogP contribution in [-0.2, 0) is 13.1 Å². The average molecular weight is 344 g/mol. The minimum atomic E-state index is 0.630. The summed E-state index contributed by atoms with van der Waals surface area (Å²) in [4.78, 5) is 9.06. The van der Waals surface area contributed by atoms with Gasteiger partial charge in [-0.05, 0) is 25.0 Å². The molecule has 0 amide bonds. The van der Waals surface area contributed by atoms with E-state index in [9.17, 15) is 0 Å². The maximum Gasteiger partial charge on any atom is 0.184 e. The quantitative estimate of drug-likeness (QED) is 0.600. The Balaban J connectivity index is 1.62. The van der Waals surface area contributed by atoms with Gasteiger partial charge in [-0.3, -0.25) is 0 Å². The number of aromatic nitrogens is 5. The first kappa shape index (κ1) is 16.2. The van der Waals surface area contributed by atoms with E-state index in [-0.39, 0.29) is 0 Å². The second kappa shape index (κ2) is 6.92. The number of nitrogens with zero attached hydrogens (tertiary/aromatic N) is 5. The molecule has 0 aliphatic carbocycles. The highest BCUT2D eigenvalue weighted by atomic mass is 15.4. The van der Waals surface area contributed by atoms with E-state index in [2.05, 4.69) is 68.9 Å². The van der Waals surface area contributed by atoms with Gasteiger partial charge in [-0.1, -0.05) is 65.4 Å². The Morgan fingerprint density at radius 3 is 2.42 bits per heavy atom. The van der Waals surface area contributed by atoms with Gasteiger partial charge in [0.15, 0.2) is 17.0 Å². The topological polar surface area (TPSA) is 68.5 Å². The van der Waals surface area contributed by atoms with Crippen LogP contribution in [0, 0.1) is 13.8 Å². The van der Waals surface area contributed by atoms with E-state index in [1.54, 1.807) is 0 Å². The molecule has 26 heavy (non-hydrogen) atoms. The first-order valence-electron chi connectivity index (χ1n) is 8.60. The first-order chi connectivity index (χ1) is 12.7. The molecule has 2 heterocycles. The van der Waals surface area contributed by atoms with E-state index in [1.165, 1.54) is 11.1 Å². The molecule has 4 aromatic rings. The third-order valence-electron chi connectivity index (χ3n) is 4.23. The lowest BCUT2D eigenvalue weighted by Gasteiger charge is -2.08. The maximum absolute atomic E-state index is 4.55. The molecule has 0 saturated carbocycles. The average Bonchev–Trinajstić information content (AvgIpc) is 3.04. The van der Waals surface area contributed by atoms with Gasteiger partial charge in [0.2, 0.25) is 0 Å². The second-order valence-electron chi connectivity index (χ2n) is 6.36. The summed E-state index contributed by atoms with van der Waals surface area (Å²) >= 11 is 0. The normalized spacial score (nSPS) is 11.0. The van der Waals surface area contributed by atoms with Crippen molar-refractivity contribution in [2.75, 3.05) is 5.32 Å². The molecule has 0 aliphatic heterocycles. The number of aryl methyl sites for hydroxylation is 2. The highest BCUT2D eigenvalue weighted by Crippen LogP contribution is 2.19. The van der Waals surface area contributed by atoms with Crippen LogP contribution in [0.2, 0.25) is 0 Å². The van der Waals surface area contributed by atoms with Crippen molar-refractivity contribution < 1.29 is 0 Å². The minimum Gasteiger partial charge on any atom is -0.364 e. The van der Waals surface area contributed by atoms with Gasteiger partial charge in [0, 0.05) is 6.54 Å². The largest absolute Gasteiger partial charge is 0.364 e. The van der Waals surface area contributed by atoms with Gasteiger partial charge >= 0.3 is 0 Å². The van der Waals surface area contributed by atoms with E-state index in [0.29, 0.717) is 30.2 Å². The van der Waals surface area contributed by atoms with Crippen LogP contribution < -0.4 is 5.32 Å². The number of rotatable bonds is 5. The predicted molar refractivity (Wildman–Crippen MR) is 102 cm³/mol. The zero-order valence-corrected chi connectivity index (χ0v) is 14.8. The summed E-state index contributed by atoms with van der Waals surface area (Å²) in [6.07, 6.45) is 0. The Kier molecular flexibility index (Phi) is 4.31. The van der Waals surface area contributed by atoms with E-state index in [4.69, 9.17) is 0 Å². The zero-order valence-electron chi connectivity index (χ0n) is 14.8. The Labute approximate surface area is 151 Å². The number of benzene rings is 2. The fourth-order valence-corrected chi connectivity index (χ4v) is 2.84. The zero-order chi connectivity index (χ0) is 17.9. The van der Waals surface area contributed by atoms with E-state index >= 15 is 0 Å². The SMILES string of the molecule is Cc1ccc(CNc2nc(C)nc3c2nnn3Cc2ccccc2)cc1. The molecule has 1 N–H and O–H groups in total. The van der Waals surface area contributed by atoms with E-state index < -0.39 is 0 Å². The molecule has 0 saturated heterocycles. The molecule has 0 fully saturated rings. The van der Waals surface area contributed by atoms with Crippen LogP contribution in [0.25, 0.3) is 11.2 Å². The molecule has 6 heteroatoms. The molecule has 2 aromatic heterocycles. The molecule has 0 radical (unpaired) electrons. The minimum absolute atomic E-state index is 0.630. The molecule has 0 spiro atoms. The van der Waals surface area contributed by atoms with Gasteiger partial charge in [0.1, 0.15) is 5.82 Å². The van der Waals surface area contributed by atoms with Gasteiger partial charge in [0.05, 0.1) is 6.54 Å². The number of hydrogen-bond acceptors (Lipinski definition) is 5. The van der Waals surface area contributed by atoms with Crippen LogP contribution in [0.5, 0.6) is 0 Å². The van der Waals surface area contributed by atoms with E-state index in [1.807, 2.05) is 29.8 Å². The highest BCUT2D eigenvalue weighted by Gasteiger charge is 2.13. The Bertz CT molecular complexity index is 1020. The van der Waals surface area contributed by atoms with Crippen molar-refractivity contribution >= 4 is 17.0 Å². The lowest BCUT2D eigenvalue weighted by Crippen LogP contribution is -2.06. The summed E-state index contributed by atoms with van der Waals surface area (Å²) in [5.74, 6) is 1.41. The highest BCUT2D eigenvalue weighted by molar-refractivity contribution is 5.82. The van der Waals surface area contributed by atoms with Gasteiger partial charge in [-0.2, -0.15) is 0 Å². The van der Waals surface area contributed by atoms with Crippen molar-refractivity contribution in [3.63, 3.8) is 0 Å². The van der Waals surface area contributed by atoms with Gasteiger partial charge in [-0.15, -0.1) is 5.10 Å². The molecule has 4 rings (SSSR count). The molecule has 0 atom stereocenters. The standard InChI is InChI=1S/C20H20N6/c1-14-8-10-16(11-9-14)12-21-19-18-20(23-15(2)22-19)26(25-24-18)13-17-6-4-3-5-7-17/h3-11H,12-13H2,1-2H3,(H,21,22,23). The molecule has 2 aromatic carbocycles. The maximum atomic E-state index is 4.55. The lowest BCUT2D eigenvalue weighted by molar-refractivity contribution is 0.663. The summed E-state index contributed by atoms with van der Waals surface area (Å²) in [7, 11) is 0. The van der Waals surface area contributed by atoms with Crippen LogP contribution in [0.4, 0.5) is 5.82 Å². The smallest absolute Gasteiger partial charge is 0.184 e. The Morgan fingerprint density at radius 1 is 0.885 bits per heavy atom. The van der Waals surface area contributed by atoms with Crippen LogP contribution >= 0.6 is 0 Å². The Hall–Kier alpha value is -3.28. The first-order valence-corrected chi connectivity index (χ1v) is 8.60. The molecule has 130 valence electrons. The summed E-state index contributed by atoms with van der Waals surface area (Å²) < 4.78 is 1.82. The van der Waals surface area contributed by atoms with Crippen molar-refractivity contribution in [2.24, 2.45) is 0 Å². The van der Waals surface area contributed by atoms with Gasteiger partial charge in [0.25, 0.3) is 0 Å². The summed E-state index contributed by atoms with van der Waals surface area (Å²) in [6, 6.07) is 18.6. The molecule has 0 unspecified atom stereocenters.